The average molecular weight is 745 g/mol. The van der Waals surface area contributed by atoms with Gasteiger partial charge < -0.3 is 24.6 Å². The second-order valence-corrected chi connectivity index (χ2v) is 12.9. The third-order valence-electron chi connectivity index (χ3n) is 9.50. The Balaban J connectivity index is 0.851. The lowest BCUT2D eigenvalue weighted by Crippen LogP contribution is -2.54. The van der Waals surface area contributed by atoms with Gasteiger partial charge in [0.05, 0.1) is 48.3 Å². The first-order valence-corrected chi connectivity index (χ1v) is 17.6. The van der Waals surface area contributed by atoms with Crippen molar-refractivity contribution in [3.63, 3.8) is 0 Å². The molecule has 2 saturated heterocycles. The number of aromatic nitrogens is 3. The number of aromatic amines is 1. The topological polar surface area (TPSA) is 196 Å². The van der Waals surface area contributed by atoms with E-state index < -0.39 is 29.7 Å². The van der Waals surface area contributed by atoms with E-state index in [1.54, 1.807) is 47.5 Å². The normalized spacial score (nSPS) is 16.7. The highest BCUT2D eigenvalue weighted by Gasteiger charge is 2.44. The van der Waals surface area contributed by atoms with Crippen LogP contribution < -0.4 is 20.3 Å². The van der Waals surface area contributed by atoms with Gasteiger partial charge in [-0.3, -0.25) is 44.1 Å². The Morgan fingerprint density at radius 2 is 1.78 bits per heavy atom. The molecule has 0 aliphatic carbocycles. The third kappa shape index (κ3) is 7.92. The highest BCUT2D eigenvalue weighted by molar-refractivity contribution is 6.23. The van der Waals surface area contributed by atoms with E-state index in [0.29, 0.717) is 54.6 Å². The van der Waals surface area contributed by atoms with Crippen molar-refractivity contribution in [2.75, 3.05) is 56.7 Å². The minimum Gasteiger partial charge on any atom is -0.494 e. The van der Waals surface area contributed by atoms with Gasteiger partial charge in [0.2, 0.25) is 17.7 Å². The van der Waals surface area contributed by atoms with Crippen LogP contribution in [0.5, 0.6) is 5.75 Å². The van der Waals surface area contributed by atoms with Gasteiger partial charge >= 0.3 is 0 Å². The van der Waals surface area contributed by atoms with Gasteiger partial charge in [0.15, 0.2) is 0 Å². The Kier molecular flexibility index (Phi) is 10.6. The lowest BCUT2D eigenvalue weighted by Gasteiger charge is -2.36. The summed E-state index contributed by atoms with van der Waals surface area (Å²) in [4.78, 5) is 85.0. The highest BCUT2D eigenvalue weighted by atomic mass is 16.5. The van der Waals surface area contributed by atoms with Crippen LogP contribution in [0.3, 0.4) is 0 Å². The molecule has 7 rings (SSSR count). The number of methoxy groups -OCH3 is 1. The Labute approximate surface area is 315 Å². The maximum absolute atomic E-state index is 13.0. The molecule has 3 aliphatic rings. The van der Waals surface area contributed by atoms with E-state index in [2.05, 4.69) is 42.6 Å². The molecule has 16 heteroatoms. The second-order valence-electron chi connectivity index (χ2n) is 12.9. The number of hydrogen-bond donors (Lipinski definition) is 3. The summed E-state index contributed by atoms with van der Waals surface area (Å²) in [6, 6.07) is 16.1. The van der Waals surface area contributed by atoms with Crippen LogP contribution in [-0.4, -0.2) is 113 Å². The predicted molar refractivity (Wildman–Crippen MR) is 197 cm³/mol. The number of H-pyrrole nitrogens is 1. The quantitative estimate of drug-likeness (QED) is 0.122. The number of amides is 6. The van der Waals surface area contributed by atoms with Crippen molar-refractivity contribution in [3.8, 4) is 29.0 Å². The molecule has 55 heavy (non-hydrogen) atoms. The second kappa shape index (κ2) is 16.0. The SMILES string of the molecule is COc1cc(N2CCN(C(=O)CCOCC#Cc3ccc4c(c3)C(=O)N(C3CCC(=O)NC3=O)C4=O)CC2)ccc1NC(=O)c1cccc(-c2ccn[nH]2)n1. The van der Waals surface area contributed by atoms with Gasteiger partial charge in [0, 0.05) is 56.1 Å². The third-order valence-corrected chi connectivity index (χ3v) is 9.50. The van der Waals surface area contributed by atoms with Crippen LogP contribution in [0.25, 0.3) is 11.4 Å². The summed E-state index contributed by atoms with van der Waals surface area (Å²) < 4.78 is 11.2. The number of ether oxygens (including phenoxy) is 2. The maximum Gasteiger partial charge on any atom is 0.274 e. The number of piperazine rings is 1. The molecule has 4 aromatic rings. The van der Waals surface area contributed by atoms with E-state index in [4.69, 9.17) is 9.47 Å². The molecule has 6 amide bonds. The predicted octanol–water partition coefficient (Wildman–Crippen LogP) is 2.24. The molecule has 3 aliphatic heterocycles. The molecule has 2 aromatic carbocycles. The van der Waals surface area contributed by atoms with Crippen LogP contribution in [0, 0.1) is 11.8 Å². The van der Waals surface area contributed by atoms with Crippen LogP contribution in [0.2, 0.25) is 0 Å². The fourth-order valence-electron chi connectivity index (χ4n) is 6.62. The number of rotatable bonds is 10. The molecule has 2 fully saturated rings. The van der Waals surface area contributed by atoms with Gasteiger partial charge in [0.1, 0.15) is 24.1 Å². The van der Waals surface area contributed by atoms with Gasteiger partial charge in [-0.25, -0.2) is 4.98 Å². The van der Waals surface area contributed by atoms with Crippen LogP contribution in [0.1, 0.15) is 56.0 Å². The van der Waals surface area contributed by atoms with Crippen LogP contribution >= 0.6 is 0 Å². The van der Waals surface area contributed by atoms with E-state index in [1.807, 2.05) is 12.1 Å². The number of fused-ring (bicyclic) bond motifs is 1. The van der Waals surface area contributed by atoms with E-state index in [-0.39, 0.29) is 61.1 Å². The average Bonchev–Trinajstić information content (AvgIpc) is 3.83. The number of pyridine rings is 1. The van der Waals surface area contributed by atoms with E-state index in [9.17, 15) is 28.8 Å². The van der Waals surface area contributed by atoms with Gasteiger partial charge in [-0.05, 0) is 55.0 Å². The molecule has 280 valence electrons. The number of hydrogen-bond acceptors (Lipinski definition) is 11. The van der Waals surface area contributed by atoms with Crippen LogP contribution in [-0.2, 0) is 19.1 Å². The first-order valence-electron chi connectivity index (χ1n) is 17.6. The number of nitrogens with zero attached hydrogens (tertiary/aromatic N) is 5. The zero-order valence-electron chi connectivity index (χ0n) is 29.8. The first-order chi connectivity index (χ1) is 26.7. The molecule has 5 heterocycles. The van der Waals surface area contributed by atoms with Gasteiger partial charge in [0.25, 0.3) is 17.7 Å². The Morgan fingerprint density at radius 1 is 0.964 bits per heavy atom. The van der Waals surface area contributed by atoms with Crippen LogP contribution in [0.15, 0.2) is 66.9 Å². The Bertz CT molecular complexity index is 2240. The Morgan fingerprint density at radius 3 is 2.55 bits per heavy atom. The lowest BCUT2D eigenvalue weighted by molar-refractivity contribution is -0.136. The number of carbonyl (C=O) groups excluding carboxylic acids is 6. The van der Waals surface area contributed by atoms with Crippen molar-refractivity contribution in [2.45, 2.75) is 25.3 Å². The molecule has 0 bridgehead atoms. The van der Waals surface area contributed by atoms with Gasteiger partial charge in [-0.1, -0.05) is 17.9 Å². The number of piperidine rings is 1. The van der Waals surface area contributed by atoms with Crippen molar-refractivity contribution in [2.24, 2.45) is 0 Å². The fraction of sp³-hybridized carbons (Fsp3) is 0.282. The molecule has 0 spiro atoms. The minimum atomic E-state index is -1.04. The molecule has 1 atom stereocenters. The lowest BCUT2D eigenvalue weighted by atomic mass is 10.0. The number of imide groups is 2. The van der Waals surface area contributed by atoms with Gasteiger partial charge in [-0.15, -0.1) is 0 Å². The molecule has 3 N–H and O–H groups in total. The Hall–Kier alpha value is -6.86. The summed E-state index contributed by atoms with van der Waals surface area (Å²) in [5.74, 6) is 3.57. The fourth-order valence-corrected chi connectivity index (χ4v) is 6.62. The summed E-state index contributed by atoms with van der Waals surface area (Å²) in [5.41, 5.74) is 3.76. The summed E-state index contributed by atoms with van der Waals surface area (Å²) in [6.07, 6.45) is 1.93. The number of nitrogens with one attached hydrogen (secondary N) is 3. The van der Waals surface area contributed by atoms with E-state index >= 15 is 0 Å². The molecular weight excluding hydrogens is 708 g/mol. The summed E-state index contributed by atoms with van der Waals surface area (Å²) in [7, 11) is 1.54. The smallest absolute Gasteiger partial charge is 0.274 e. The van der Waals surface area contributed by atoms with E-state index in [1.165, 1.54) is 19.2 Å². The molecule has 2 aromatic heterocycles. The maximum atomic E-state index is 13.0. The first kappa shape index (κ1) is 36.5. The molecule has 1 unspecified atom stereocenters. The van der Waals surface area contributed by atoms with E-state index in [0.717, 1.165) is 10.6 Å². The number of benzene rings is 2. The van der Waals surface area contributed by atoms with Crippen LogP contribution in [0.4, 0.5) is 11.4 Å². The van der Waals surface area contributed by atoms with Crippen molar-refractivity contribution < 1.29 is 38.2 Å². The summed E-state index contributed by atoms with van der Waals surface area (Å²) >= 11 is 0. The van der Waals surface area contributed by atoms with Gasteiger partial charge in [-0.2, -0.15) is 5.10 Å². The molecule has 16 nitrogen and oxygen atoms in total. The monoisotopic (exact) mass is 744 g/mol. The minimum absolute atomic E-state index is 0.0316. The van der Waals surface area contributed by atoms with Crippen molar-refractivity contribution in [3.05, 3.63) is 89.2 Å². The van der Waals surface area contributed by atoms with Crippen molar-refractivity contribution in [1.82, 2.24) is 30.3 Å². The largest absolute Gasteiger partial charge is 0.494 e. The number of carbonyl (C=O) groups is 6. The van der Waals surface area contributed by atoms with Crippen molar-refractivity contribution in [1.29, 1.82) is 0 Å². The highest BCUT2D eigenvalue weighted by Crippen LogP contribution is 2.31. The zero-order chi connectivity index (χ0) is 38.5. The standard InChI is InChI=1S/C39H36N8O8/c1-54-33-23-25(8-10-30(33)42-36(50)31-6-2-5-28(41-31)29-13-15-40-44-29)45-16-18-46(19-17-45)35(49)14-21-55-20-3-4-24-7-9-26-27(22-24)39(53)47(38(26)52)32-11-12-34(48)43-37(32)51/h2,5-10,13,15,22-23,32H,11-12,14,16-21H2,1H3,(H,40,44)(H,42,50)(H,43,48,51). The zero-order valence-corrected chi connectivity index (χ0v) is 29.8. The molecular formula is C39H36N8O8. The molecule has 0 saturated carbocycles. The summed E-state index contributed by atoms with van der Waals surface area (Å²) in [5, 5.41) is 11.8. The number of anilines is 2. The molecule has 0 radical (unpaired) electrons. The summed E-state index contributed by atoms with van der Waals surface area (Å²) in [6.45, 7) is 2.50. The van der Waals surface area contributed by atoms with Crippen molar-refractivity contribution >= 4 is 46.8 Å².